The monoisotopic (exact) mass is 224 g/mol. The second kappa shape index (κ2) is 6.51. The Balaban J connectivity index is 2.28. The van der Waals surface area contributed by atoms with Gasteiger partial charge >= 0.3 is 0 Å². The van der Waals surface area contributed by atoms with E-state index in [2.05, 4.69) is 11.2 Å². The third-order valence-corrected chi connectivity index (χ3v) is 3.08. The van der Waals surface area contributed by atoms with Crippen LogP contribution in [-0.4, -0.2) is 29.7 Å². The molecule has 1 amide bonds. The van der Waals surface area contributed by atoms with Crippen molar-refractivity contribution in [1.82, 2.24) is 5.32 Å². The SMILES string of the molecule is C#CCC(N)C(=O)NCC1CCCCC1O. The summed E-state index contributed by atoms with van der Waals surface area (Å²) in [6.07, 6.45) is 9.02. The first kappa shape index (κ1) is 13.0. The molecule has 1 fully saturated rings. The highest BCUT2D eigenvalue weighted by Gasteiger charge is 2.23. The number of hydrogen-bond acceptors (Lipinski definition) is 3. The lowest BCUT2D eigenvalue weighted by Crippen LogP contribution is -2.44. The molecule has 0 bridgehead atoms. The van der Waals surface area contributed by atoms with E-state index in [9.17, 15) is 9.90 Å². The molecule has 1 saturated carbocycles. The number of hydrogen-bond donors (Lipinski definition) is 3. The zero-order valence-corrected chi connectivity index (χ0v) is 9.48. The molecule has 16 heavy (non-hydrogen) atoms. The van der Waals surface area contributed by atoms with Gasteiger partial charge in [0.25, 0.3) is 0 Å². The Kier molecular flexibility index (Phi) is 5.30. The van der Waals surface area contributed by atoms with Gasteiger partial charge in [-0.3, -0.25) is 4.79 Å². The van der Waals surface area contributed by atoms with Gasteiger partial charge in [0, 0.05) is 18.9 Å². The maximum Gasteiger partial charge on any atom is 0.237 e. The topological polar surface area (TPSA) is 75.4 Å². The molecular formula is C12H20N2O2. The Hall–Kier alpha value is -1.05. The zero-order valence-electron chi connectivity index (χ0n) is 9.48. The van der Waals surface area contributed by atoms with Crippen molar-refractivity contribution >= 4 is 5.91 Å². The fourth-order valence-corrected chi connectivity index (χ4v) is 2.01. The number of nitrogens with one attached hydrogen (secondary N) is 1. The van der Waals surface area contributed by atoms with Crippen LogP contribution >= 0.6 is 0 Å². The molecule has 4 heteroatoms. The molecule has 3 atom stereocenters. The Morgan fingerprint density at radius 1 is 1.56 bits per heavy atom. The van der Waals surface area contributed by atoms with Crippen molar-refractivity contribution in [2.75, 3.05) is 6.54 Å². The van der Waals surface area contributed by atoms with Crippen molar-refractivity contribution in [3.63, 3.8) is 0 Å². The van der Waals surface area contributed by atoms with E-state index in [0.717, 1.165) is 25.7 Å². The molecule has 0 saturated heterocycles. The number of amides is 1. The number of nitrogens with two attached hydrogens (primary N) is 1. The fourth-order valence-electron chi connectivity index (χ4n) is 2.01. The van der Waals surface area contributed by atoms with Crippen LogP contribution in [0.2, 0.25) is 0 Å². The molecule has 0 radical (unpaired) electrons. The average molecular weight is 224 g/mol. The van der Waals surface area contributed by atoms with E-state index in [1.807, 2.05) is 0 Å². The fraction of sp³-hybridized carbons (Fsp3) is 0.750. The smallest absolute Gasteiger partial charge is 0.237 e. The lowest BCUT2D eigenvalue weighted by Gasteiger charge is -2.27. The highest BCUT2D eigenvalue weighted by molar-refractivity contribution is 5.81. The summed E-state index contributed by atoms with van der Waals surface area (Å²) in [5, 5.41) is 12.5. The quantitative estimate of drug-likeness (QED) is 0.589. The minimum absolute atomic E-state index is 0.163. The normalized spacial score (nSPS) is 26.8. The lowest BCUT2D eigenvalue weighted by molar-refractivity contribution is -0.122. The summed E-state index contributed by atoms with van der Waals surface area (Å²) in [7, 11) is 0. The summed E-state index contributed by atoms with van der Waals surface area (Å²) in [5.41, 5.74) is 5.56. The molecule has 0 aromatic rings. The molecule has 3 unspecified atom stereocenters. The molecule has 0 spiro atoms. The molecule has 0 aliphatic heterocycles. The summed E-state index contributed by atoms with van der Waals surface area (Å²) in [5.74, 6) is 2.30. The van der Waals surface area contributed by atoms with Crippen molar-refractivity contribution in [1.29, 1.82) is 0 Å². The molecule has 1 aliphatic carbocycles. The predicted molar refractivity (Wildman–Crippen MR) is 62.4 cm³/mol. The standard InChI is InChI=1S/C12H20N2O2/c1-2-5-10(13)12(16)14-8-9-6-3-4-7-11(9)15/h1,9-11,15H,3-8,13H2,(H,14,16). The summed E-state index contributed by atoms with van der Waals surface area (Å²) in [4.78, 5) is 11.5. The molecule has 1 rings (SSSR count). The second-order valence-electron chi connectivity index (χ2n) is 4.37. The predicted octanol–water partition coefficient (Wildman–Crippen LogP) is 0.00430. The molecule has 4 N–H and O–H groups in total. The van der Waals surface area contributed by atoms with Crippen molar-refractivity contribution in [2.45, 2.75) is 44.2 Å². The Morgan fingerprint density at radius 3 is 2.88 bits per heavy atom. The van der Waals surface area contributed by atoms with E-state index in [-0.39, 0.29) is 24.3 Å². The summed E-state index contributed by atoms with van der Waals surface area (Å²) >= 11 is 0. The van der Waals surface area contributed by atoms with Gasteiger partial charge in [-0.1, -0.05) is 12.8 Å². The molecule has 0 aromatic carbocycles. The third kappa shape index (κ3) is 3.84. The van der Waals surface area contributed by atoms with Crippen molar-refractivity contribution in [3.8, 4) is 12.3 Å². The van der Waals surface area contributed by atoms with Crippen LogP contribution in [0.5, 0.6) is 0 Å². The second-order valence-corrected chi connectivity index (χ2v) is 4.37. The average Bonchev–Trinajstić information content (AvgIpc) is 2.28. The third-order valence-electron chi connectivity index (χ3n) is 3.08. The number of aliphatic hydroxyl groups excluding tert-OH is 1. The van der Waals surface area contributed by atoms with Crippen LogP contribution in [0.3, 0.4) is 0 Å². The maximum atomic E-state index is 11.5. The van der Waals surface area contributed by atoms with E-state index >= 15 is 0 Å². The largest absolute Gasteiger partial charge is 0.393 e. The Bertz CT molecular complexity index is 273. The van der Waals surface area contributed by atoms with Gasteiger partial charge in [-0.05, 0) is 12.8 Å². The van der Waals surface area contributed by atoms with Gasteiger partial charge in [-0.25, -0.2) is 0 Å². The van der Waals surface area contributed by atoms with Crippen LogP contribution in [0.1, 0.15) is 32.1 Å². The minimum atomic E-state index is -0.634. The van der Waals surface area contributed by atoms with Crippen LogP contribution in [0.4, 0.5) is 0 Å². The van der Waals surface area contributed by atoms with Gasteiger partial charge in [0.05, 0.1) is 12.1 Å². The lowest BCUT2D eigenvalue weighted by atomic mass is 9.86. The number of terminal acetylenes is 1. The van der Waals surface area contributed by atoms with Crippen molar-refractivity contribution < 1.29 is 9.90 Å². The van der Waals surface area contributed by atoms with Crippen LogP contribution in [0.25, 0.3) is 0 Å². The van der Waals surface area contributed by atoms with Crippen LogP contribution in [0.15, 0.2) is 0 Å². The summed E-state index contributed by atoms with van der Waals surface area (Å²) < 4.78 is 0. The van der Waals surface area contributed by atoms with Crippen LogP contribution < -0.4 is 11.1 Å². The molecule has 4 nitrogen and oxygen atoms in total. The highest BCUT2D eigenvalue weighted by Crippen LogP contribution is 2.23. The number of aliphatic hydroxyl groups is 1. The number of carbonyl (C=O) groups excluding carboxylic acids is 1. The summed E-state index contributed by atoms with van der Waals surface area (Å²) in [6, 6.07) is -0.634. The summed E-state index contributed by atoms with van der Waals surface area (Å²) in [6.45, 7) is 0.498. The Morgan fingerprint density at radius 2 is 2.25 bits per heavy atom. The van der Waals surface area contributed by atoms with Gasteiger partial charge in [0.2, 0.25) is 5.91 Å². The first-order chi connectivity index (χ1) is 7.65. The van der Waals surface area contributed by atoms with Gasteiger partial charge in [0.1, 0.15) is 0 Å². The number of carbonyl (C=O) groups is 1. The van der Waals surface area contributed by atoms with E-state index < -0.39 is 6.04 Å². The Labute approximate surface area is 96.6 Å². The van der Waals surface area contributed by atoms with Crippen molar-refractivity contribution in [2.24, 2.45) is 11.7 Å². The van der Waals surface area contributed by atoms with Crippen LogP contribution in [0, 0.1) is 18.3 Å². The molecule has 0 heterocycles. The van der Waals surface area contributed by atoms with E-state index in [0.29, 0.717) is 6.54 Å². The van der Waals surface area contributed by atoms with Crippen molar-refractivity contribution in [3.05, 3.63) is 0 Å². The van der Waals surface area contributed by atoms with E-state index in [1.165, 1.54) is 0 Å². The maximum absolute atomic E-state index is 11.5. The van der Waals surface area contributed by atoms with Gasteiger partial charge in [-0.15, -0.1) is 12.3 Å². The number of rotatable bonds is 4. The van der Waals surface area contributed by atoms with Gasteiger partial charge < -0.3 is 16.2 Å². The zero-order chi connectivity index (χ0) is 12.0. The van der Waals surface area contributed by atoms with Crippen LogP contribution in [-0.2, 0) is 4.79 Å². The van der Waals surface area contributed by atoms with Gasteiger partial charge in [-0.2, -0.15) is 0 Å². The minimum Gasteiger partial charge on any atom is -0.393 e. The molecule has 0 aromatic heterocycles. The van der Waals surface area contributed by atoms with E-state index in [4.69, 9.17) is 12.2 Å². The van der Waals surface area contributed by atoms with Gasteiger partial charge in [0.15, 0.2) is 0 Å². The first-order valence-electron chi connectivity index (χ1n) is 5.80. The highest BCUT2D eigenvalue weighted by atomic mass is 16.3. The van der Waals surface area contributed by atoms with E-state index in [1.54, 1.807) is 0 Å². The first-order valence-corrected chi connectivity index (χ1v) is 5.80. The molecule has 90 valence electrons. The molecular weight excluding hydrogens is 204 g/mol. The molecule has 1 aliphatic rings.